The molecule has 0 saturated heterocycles. The molecule has 0 aliphatic heterocycles. The molecule has 266 valence electrons. The van der Waals surface area contributed by atoms with Gasteiger partial charge in [-0.15, -0.1) is 0 Å². The van der Waals surface area contributed by atoms with Crippen molar-refractivity contribution < 1.29 is 8.83 Å². The van der Waals surface area contributed by atoms with Crippen molar-refractivity contribution in [1.82, 2.24) is 19.5 Å². The van der Waals surface area contributed by atoms with E-state index >= 15 is 0 Å². The summed E-state index contributed by atoms with van der Waals surface area (Å²) >= 11 is 0. The first-order valence-corrected chi connectivity index (χ1v) is 19.0. The molecule has 0 aliphatic carbocycles. The Morgan fingerprint density at radius 3 is 1.75 bits per heavy atom. The Bertz CT molecular complexity index is 3530. The summed E-state index contributed by atoms with van der Waals surface area (Å²) in [4.78, 5) is 15.2. The van der Waals surface area contributed by atoms with Crippen LogP contribution in [0, 0.1) is 0 Å². The van der Waals surface area contributed by atoms with Gasteiger partial charge in [-0.25, -0.2) is 15.0 Å². The van der Waals surface area contributed by atoms with E-state index in [0.29, 0.717) is 17.5 Å². The van der Waals surface area contributed by atoms with Crippen LogP contribution in [0.4, 0.5) is 0 Å². The van der Waals surface area contributed by atoms with E-state index in [9.17, 15) is 0 Å². The minimum absolute atomic E-state index is 0.583. The van der Waals surface area contributed by atoms with Gasteiger partial charge in [0.25, 0.3) is 0 Å². The average molecular weight is 731 g/mol. The monoisotopic (exact) mass is 730 g/mol. The number of furan rings is 2. The molecule has 0 fully saturated rings. The van der Waals surface area contributed by atoms with Crippen molar-refractivity contribution in [3.63, 3.8) is 0 Å². The third-order valence-corrected chi connectivity index (χ3v) is 11.1. The summed E-state index contributed by atoms with van der Waals surface area (Å²) in [6, 6.07) is 62.8. The van der Waals surface area contributed by atoms with E-state index in [1.54, 1.807) is 0 Å². The van der Waals surface area contributed by atoms with Gasteiger partial charge in [-0.1, -0.05) is 115 Å². The fourth-order valence-corrected chi connectivity index (χ4v) is 8.42. The molecule has 0 N–H and O–H groups in total. The van der Waals surface area contributed by atoms with E-state index in [-0.39, 0.29) is 0 Å². The third kappa shape index (κ3) is 5.01. The Morgan fingerprint density at radius 2 is 0.930 bits per heavy atom. The van der Waals surface area contributed by atoms with Crippen molar-refractivity contribution in [1.29, 1.82) is 0 Å². The number of hydrogen-bond donors (Lipinski definition) is 0. The largest absolute Gasteiger partial charge is 0.456 e. The molecule has 0 bridgehead atoms. The maximum Gasteiger partial charge on any atom is 0.164 e. The summed E-state index contributed by atoms with van der Waals surface area (Å²) in [6.45, 7) is 0. The lowest BCUT2D eigenvalue weighted by molar-refractivity contribution is 0.668. The van der Waals surface area contributed by atoms with Crippen LogP contribution >= 0.6 is 0 Å². The summed E-state index contributed by atoms with van der Waals surface area (Å²) in [6.07, 6.45) is 0. The summed E-state index contributed by atoms with van der Waals surface area (Å²) in [5.74, 6) is 1.79. The Hall–Kier alpha value is -7.83. The van der Waals surface area contributed by atoms with Crippen LogP contribution in [0.1, 0.15) is 0 Å². The number of aromatic nitrogens is 4. The molecule has 0 saturated carbocycles. The first-order chi connectivity index (χ1) is 28.2. The van der Waals surface area contributed by atoms with Gasteiger partial charge in [0.1, 0.15) is 22.3 Å². The first kappa shape index (κ1) is 31.5. The second kappa shape index (κ2) is 12.3. The highest BCUT2D eigenvalue weighted by atomic mass is 16.3. The molecule has 12 aromatic rings. The molecule has 0 aliphatic rings. The molecule has 0 atom stereocenters. The van der Waals surface area contributed by atoms with Gasteiger partial charge in [0.2, 0.25) is 0 Å². The van der Waals surface area contributed by atoms with Crippen LogP contribution in [-0.4, -0.2) is 19.5 Å². The molecule has 6 nitrogen and oxygen atoms in total. The third-order valence-electron chi connectivity index (χ3n) is 11.1. The van der Waals surface area contributed by atoms with Gasteiger partial charge in [-0.2, -0.15) is 0 Å². The molecule has 12 rings (SSSR count). The quantitative estimate of drug-likeness (QED) is 0.176. The van der Waals surface area contributed by atoms with E-state index in [4.69, 9.17) is 23.8 Å². The number of nitrogens with zero attached hydrogens (tertiary/aromatic N) is 4. The van der Waals surface area contributed by atoms with Crippen LogP contribution in [-0.2, 0) is 0 Å². The fourth-order valence-electron chi connectivity index (χ4n) is 8.42. The molecule has 8 aromatic carbocycles. The minimum Gasteiger partial charge on any atom is -0.456 e. The summed E-state index contributed by atoms with van der Waals surface area (Å²) in [5, 5.41) is 6.59. The molecule has 6 heteroatoms. The molecular weight excluding hydrogens is 701 g/mol. The highest BCUT2D eigenvalue weighted by Crippen LogP contribution is 2.40. The smallest absolute Gasteiger partial charge is 0.164 e. The molecule has 0 radical (unpaired) electrons. The van der Waals surface area contributed by atoms with Gasteiger partial charge in [0.05, 0.1) is 11.0 Å². The maximum absolute atomic E-state index is 6.41. The van der Waals surface area contributed by atoms with Gasteiger partial charge in [0.15, 0.2) is 17.5 Å². The fraction of sp³-hybridized carbons (Fsp3) is 0. The van der Waals surface area contributed by atoms with Crippen molar-refractivity contribution in [2.75, 3.05) is 0 Å². The van der Waals surface area contributed by atoms with Crippen LogP contribution in [0.25, 0.3) is 117 Å². The van der Waals surface area contributed by atoms with Gasteiger partial charge in [-0.3, -0.25) is 0 Å². The van der Waals surface area contributed by atoms with Crippen LogP contribution in [0.15, 0.2) is 191 Å². The normalized spacial score (nSPS) is 11.9. The van der Waals surface area contributed by atoms with Gasteiger partial charge in [-0.05, 0) is 77.9 Å². The van der Waals surface area contributed by atoms with Crippen molar-refractivity contribution in [2.24, 2.45) is 0 Å². The molecular formula is C51H30N4O2. The number of benzene rings is 8. The number of rotatable bonds is 5. The summed E-state index contributed by atoms with van der Waals surface area (Å²) < 4.78 is 15.0. The van der Waals surface area contributed by atoms with Crippen LogP contribution in [0.5, 0.6) is 0 Å². The zero-order valence-corrected chi connectivity index (χ0v) is 30.4. The Labute approximate surface area is 325 Å². The molecule has 0 unspecified atom stereocenters. The minimum atomic E-state index is 0.583. The van der Waals surface area contributed by atoms with Crippen molar-refractivity contribution in [2.45, 2.75) is 0 Å². The van der Waals surface area contributed by atoms with Crippen LogP contribution < -0.4 is 0 Å². The molecule has 0 spiro atoms. The Kier molecular flexibility index (Phi) is 6.83. The maximum atomic E-state index is 6.41. The van der Waals surface area contributed by atoms with Gasteiger partial charge in [0, 0.05) is 54.7 Å². The second-order valence-electron chi connectivity index (χ2n) is 14.4. The first-order valence-electron chi connectivity index (χ1n) is 19.0. The molecule has 4 aromatic heterocycles. The second-order valence-corrected chi connectivity index (χ2v) is 14.4. The average Bonchev–Trinajstić information content (AvgIpc) is 3.95. The highest BCUT2D eigenvalue weighted by Gasteiger charge is 2.19. The zero-order valence-electron chi connectivity index (χ0n) is 30.4. The lowest BCUT2D eigenvalue weighted by Crippen LogP contribution is -2.00. The zero-order chi connectivity index (χ0) is 37.5. The predicted octanol–water partition coefficient (Wildman–Crippen LogP) is 13.4. The van der Waals surface area contributed by atoms with Gasteiger partial charge >= 0.3 is 0 Å². The number of hydrogen-bond acceptors (Lipinski definition) is 5. The highest BCUT2D eigenvalue weighted by molar-refractivity contribution is 6.14. The number of para-hydroxylation sites is 2. The predicted molar refractivity (Wildman–Crippen MR) is 230 cm³/mol. The van der Waals surface area contributed by atoms with Crippen molar-refractivity contribution >= 4 is 65.7 Å². The van der Waals surface area contributed by atoms with E-state index in [1.807, 2.05) is 60.7 Å². The summed E-state index contributed by atoms with van der Waals surface area (Å²) in [5.41, 5.74) is 11.6. The van der Waals surface area contributed by atoms with E-state index in [2.05, 4.69) is 126 Å². The Morgan fingerprint density at radius 1 is 0.333 bits per heavy atom. The van der Waals surface area contributed by atoms with E-state index < -0.39 is 0 Å². The van der Waals surface area contributed by atoms with Gasteiger partial charge < -0.3 is 13.4 Å². The molecule has 0 amide bonds. The Balaban J connectivity index is 1.04. The van der Waals surface area contributed by atoms with Crippen LogP contribution in [0.2, 0.25) is 0 Å². The van der Waals surface area contributed by atoms with Crippen molar-refractivity contribution in [3.05, 3.63) is 182 Å². The van der Waals surface area contributed by atoms with E-state index in [1.165, 1.54) is 0 Å². The topological polar surface area (TPSA) is 69.9 Å². The van der Waals surface area contributed by atoms with Crippen LogP contribution in [0.3, 0.4) is 0 Å². The van der Waals surface area contributed by atoms with Crippen molar-refractivity contribution in [3.8, 4) is 51.0 Å². The molecule has 4 heterocycles. The van der Waals surface area contributed by atoms with E-state index in [0.717, 1.165) is 99.2 Å². The number of fused-ring (bicyclic) bond motifs is 9. The standard InChI is InChI=1S/C51H30N4O2/c1-3-12-31(13-4-1)36-18-11-21-46-48(36)41-30-35(24-27-45(41)56-46)55-42-19-9-7-16-37(42)40-28-33(23-26-43(40)55)50-52-49(32-14-5-2-6-15-32)53-51(54-50)34-22-25-39-38-17-8-10-20-44(38)57-47(39)29-34/h1-30H. The lowest BCUT2D eigenvalue weighted by atomic mass is 9.99. The lowest BCUT2D eigenvalue weighted by Gasteiger charge is -2.10. The molecule has 57 heavy (non-hydrogen) atoms. The summed E-state index contributed by atoms with van der Waals surface area (Å²) in [7, 11) is 0. The SMILES string of the molecule is c1ccc(-c2nc(-c3ccc4c(c3)oc3ccccc34)nc(-c3ccc4c(c3)c3ccccc3n4-c3ccc4oc5cccc(-c6ccccc6)c5c4c3)n2)cc1.